The second kappa shape index (κ2) is 1.81. The van der Waals surface area contributed by atoms with E-state index in [1.165, 1.54) is 13.7 Å². The van der Waals surface area contributed by atoms with Crippen molar-refractivity contribution < 1.29 is 9.46 Å². The molecule has 0 heterocycles. The highest BCUT2D eigenvalue weighted by Crippen LogP contribution is 2.31. The molecule has 0 aromatic carbocycles. The van der Waals surface area contributed by atoms with Gasteiger partial charge in [-0.05, 0) is 0 Å². The molecule has 0 aliphatic carbocycles. The lowest BCUT2D eigenvalue weighted by molar-refractivity contribution is 0.501. The highest BCUT2D eigenvalue weighted by molar-refractivity contribution is 7.85. The maximum atomic E-state index is 10.1. The maximum Gasteiger partial charge on any atom is 0.229 e. The first-order chi connectivity index (χ1) is 2.56. The van der Waals surface area contributed by atoms with Gasteiger partial charge in [0.1, 0.15) is 7.25 Å². The molecule has 1 unspecified atom stereocenters. The van der Waals surface area contributed by atoms with Gasteiger partial charge in [-0.15, -0.1) is 0 Å². The summed E-state index contributed by atoms with van der Waals surface area (Å²) in [5, 5.41) is 0. The summed E-state index contributed by atoms with van der Waals surface area (Å²) in [6.07, 6.45) is 0. The quantitative estimate of drug-likeness (QED) is 0.390. The van der Waals surface area contributed by atoms with Crippen LogP contribution in [0.15, 0.2) is 0 Å². The molecule has 0 amide bonds. The van der Waals surface area contributed by atoms with E-state index in [0.717, 1.165) is 0 Å². The Morgan fingerprint density at radius 3 is 2.00 bits per heavy atom. The van der Waals surface area contributed by atoms with Crippen molar-refractivity contribution in [3.63, 3.8) is 0 Å². The first-order valence-electron chi connectivity index (χ1n) is 1.67. The summed E-state index contributed by atoms with van der Waals surface area (Å²) < 4.78 is 10.1. The van der Waals surface area contributed by atoms with E-state index in [1.807, 2.05) is 0 Å². The van der Waals surface area contributed by atoms with Crippen molar-refractivity contribution in [2.24, 2.45) is 0 Å². The fraction of sp³-hybridized carbons (Fsp3) is 1.00. The molecule has 0 saturated carbocycles. The van der Waals surface area contributed by atoms with Gasteiger partial charge in [0.2, 0.25) is 7.00 Å². The Labute approximate surface area is 38.2 Å². The minimum absolute atomic E-state index is 1.30. The molecule has 0 saturated heterocycles. The molecule has 0 aromatic rings. The smallest absolute Gasteiger partial charge is 0.229 e. The van der Waals surface area contributed by atoms with Gasteiger partial charge in [-0.2, -0.15) is 0 Å². The Hall–Kier alpha value is 0.255. The highest BCUT2D eigenvalue weighted by atomic mass is 31.2. The van der Waals surface area contributed by atoms with Crippen LogP contribution in [0.4, 0.5) is 0 Å². The van der Waals surface area contributed by atoms with Crippen molar-refractivity contribution in [1.82, 2.24) is 0 Å². The molecular weight excluding hydrogens is 97.8 g/mol. The molecule has 4 heteroatoms. The van der Waals surface area contributed by atoms with Crippen molar-refractivity contribution in [3.8, 4) is 0 Å². The number of hydrogen-bond acceptors (Lipinski definition) is 1. The number of rotatable bonds is 1. The SMILES string of the molecule is C[B]P(C)(=O)O. The van der Waals surface area contributed by atoms with E-state index in [-0.39, 0.29) is 0 Å². The highest BCUT2D eigenvalue weighted by Gasteiger charge is 2.03. The summed E-state index contributed by atoms with van der Waals surface area (Å²) in [5.41, 5.74) is 0. The maximum absolute atomic E-state index is 10.1. The topological polar surface area (TPSA) is 37.3 Å². The normalized spacial score (nSPS) is 19.2. The van der Waals surface area contributed by atoms with Gasteiger partial charge in [-0.25, -0.2) is 0 Å². The lowest BCUT2D eigenvalue weighted by Gasteiger charge is -1.93. The van der Waals surface area contributed by atoms with Gasteiger partial charge in [-0.1, -0.05) is 6.82 Å². The first kappa shape index (κ1) is 6.25. The third-order valence-electron chi connectivity index (χ3n) is 0.479. The van der Waals surface area contributed by atoms with Gasteiger partial charge < -0.3 is 9.46 Å². The molecule has 0 rings (SSSR count). The zero-order valence-electron chi connectivity index (χ0n) is 3.88. The van der Waals surface area contributed by atoms with E-state index in [2.05, 4.69) is 0 Å². The van der Waals surface area contributed by atoms with E-state index in [1.54, 1.807) is 6.82 Å². The van der Waals surface area contributed by atoms with E-state index in [4.69, 9.17) is 4.89 Å². The average Bonchev–Trinajstić information content (AvgIpc) is 1.35. The van der Waals surface area contributed by atoms with Crippen LogP contribution < -0.4 is 0 Å². The Bertz CT molecular complexity index is 75.6. The summed E-state index contributed by atoms with van der Waals surface area (Å²) in [7, 11) is -2.77. The van der Waals surface area contributed by atoms with Gasteiger partial charge in [0.15, 0.2) is 0 Å². The molecule has 35 valence electrons. The van der Waals surface area contributed by atoms with Crippen molar-refractivity contribution >= 4 is 14.2 Å². The predicted molar refractivity (Wildman–Crippen MR) is 27.4 cm³/mol. The zero-order chi connectivity index (χ0) is 5.21. The van der Waals surface area contributed by atoms with Crippen LogP contribution in [-0.4, -0.2) is 18.6 Å². The molecule has 0 aliphatic rings. The molecule has 2 nitrogen and oxygen atoms in total. The monoisotopic (exact) mass is 105 g/mol. The van der Waals surface area contributed by atoms with Crippen LogP contribution in [-0.2, 0) is 4.57 Å². The average molecular weight is 105 g/mol. The van der Waals surface area contributed by atoms with Crippen molar-refractivity contribution in [3.05, 3.63) is 0 Å². The summed E-state index contributed by atoms with van der Waals surface area (Å²) >= 11 is 0. The summed E-state index contributed by atoms with van der Waals surface area (Å²) in [5.74, 6) is 0. The fourth-order valence-electron chi connectivity index (χ4n) is 0. The molecule has 0 aromatic heterocycles. The fourth-order valence-corrected chi connectivity index (χ4v) is 0. The van der Waals surface area contributed by atoms with Crippen LogP contribution >= 0.6 is 7.25 Å². The van der Waals surface area contributed by atoms with Crippen molar-refractivity contribution in [2.45, 2.75) is 6.82 Å². The van der Waals surface area contributed by atoms with Crippen LogP contribution in [0.25, 0.3) is 0 Å². The summed E-state index contributed by atoms with van der Waals surface area (Å²) in [6.45, 7) is 4.17. The zero-order valence-corrected chi connectivity index (χ0v) is 4.77. The van der Waals surface area contributed by atoms with E-state index < -0.39 is 7.25 Å². The largest absolute Gasteiger partial charge is 0.352 e. The molecular formula is C2H7BO2P. The van der Waals surface area contributed by atoms with Gasteiger partial charge >= 0.3 is 0 Å². The van der Waals surface area contributed by atoms with E-state index in [0.29, 0.717) is 0 Å². The standard InChI is InChI=1S/C2H7BO2P/c1-3-6(2,4)5/h1-2H3,(H,4,5). The van der Waals surface area contributed by atoms with Gasteiger partial charge in [-0.3, -0.25) is 0 Å². The molecule has 0 spiro atoms. The van der Waals surface area contributed by atoms with Crippen LogP contribution in [0.1, 0.15) is 0 Å². The van der Waals surface area contributed by atoms with Crippen molar-refractivity contribution in [2.75, 3.05) is 6.66 Å². The van der Waals surface area contributed by atoms with Gasteiger partial charge in [0.25, 0.3) is 0 Å². The second-order valence-corrected chi connectivity index (χ2v) is 3.60. The minimum Gasteiger partial charge on any atom is -0.352 e. The van der Waals surface area contributed by atoms with E-state index >= 15 is 0 Å². The molecule has 1 N–H and O–H groups in total. The molecule has 1 atom stereocenters. The van der Waals surface area contributed by atoms with Crippen LogP contribution in [0.3, 0.4) is 0 Å². The Balaban J connectivity index is 3.48. The third-order valence-corrected chi connectivity index (χ3v) is 1.44. The number of hydrogen-bond donors (Lipinski definition) is 1. The second-order valence-electron chi connectivity index (χ2n) is 1.20. The minimum atomic E-state index is -2.77. The third kappa shape index (κ3) is 4.25. The molecule has 0 bridgehead atoms. The Kier molecular flexibility index (Phi) is 1.88. The molecule has 0 aliphatic heterocycles. The Morgan fingerprint density at radius 1 is 1.83 bits per heavy atom. The molecule has 1 radical (unpaired) electrons. The van der Waals surface area contributed by atoms with Crippen molar-refractivity contribution in [1.29, 1.82) is 0 Å². The lowest BCUT2D eigenvalue weighted by Crippen LogP contribution is -1.80. The van der Waals surface area contributed by atoms with Gasteiger partial charge in [0, 0.05) is 6.66 Å². The first-order valence-corrected chi connectivity index (χ1v) is 3.84. The lowest BCUT2D eigenvalue weighted by atomic mass is 10.2. The Morgan fingerprint density at radius 2 is 2.00 bits per heavy atom. The van der Waals surface area contributed by atoms with Crippen LogP contribution in [0.2, 0.25) is 6.82 Å². The molecule has 6 heavy (non-hydrogen) atoms. The van der Waals surface area contributed by atoms with E-state index in [9.17, 15) is 4.57 Å². The van der Waals surface area contributed by atoms with Crippen LogP contribution in [0, 0.1) is 0 Å². The van der Waals surface area contributed by atoms with Crippen LogP contribution in [0.5, 0.6) is 0 Å². The molecule has 0 fully saturated rings. The predicted octanol–water partition coefficient (Wildman–Crippen LogP) is 0.554. The summed E-state index contributed by atoms with van der Waals surface area (Å²) in [4.78, 5) is 8.33. The van der Waals surface area contributed by atoms with Gasteiger partial charge in [0.05, 0.1) is 0 Å². The summed E-state index contributed by atoms with van der Waals surface area (Å²) in [6, 6.07) is 0.